The molecule has 0 unspecified atom stereocenters. The molecule has 0 spiro atoms. The van der Waals surface area contributed by atoms with Crippen molar-refractivity contribution in [2.75, 3.05) is 6.54 Å². The van der Waals surface area contributed by atoms with E-state index < -0.39 is 6.04 Å². The zero-order chi connectivity index (χ0) is 13.4. The fourth-order valence-electron chi connectivity index (χ4n) is 1.48. The van der Waals surface area contributed by atoms with Crippen LogP contribution in [-0.4, -0.2) is 23.6 Å². The number of nitrogens with two attached hydrogens (primary N) is 1. The molecular formula is C14H18N2O2. The van der Waals surface area contributed by atoms with Crippen molar-refractivity contribution in [3.63, 3.8) is 0 Å². The molecule has 18 heavy (non-hydrogen) atoms. The zero-order valence-electron chi connectivity index (χ0n) is 10.4. The van der Waals surface area contributed by atoms with Crippen molar-refractivity contribution in [1.29, 1.82) is 0 Å². The minimum atomic E-state index is -0.580. The molecule has 1 aromatic rings. The van der Waals surface area contributed by atoms with Crippen molar-refractivity contribution >= 4 is 5.91 Å². The molecular weight excluding hydrogens is 228 g/mol. The highest BCUT2D eigenvalue weighted by atomic mass is 16.3. The molecule has 1 amide bonds. The van der Waals surface area contributed by atoms with E-state index >= 15 is 0 Å². The number of hydrogen-bond acceptors (Lipinski definition) is 3. The van der Waals surface area contributed by atoms with Gasteiger partial charge in [0, 0.05) is 13.0 Å². The Morgan fingerprint density at radius 3 is 2.72 bits per heavy atom. The van der Waals surface area contributed by atoms with Crippen molar-refractivity contribution in [3.05, 3.63) is 29.8 Å². The first-order valence-electron chi connectivity index (χ1n) is 5.84. The van der Waals surface area contributed by atoms with Crippen molar-refractivity contribution in [1.82, 2.24) is 5.32 Å². The highest BCUT2D eigenvalue weighted by Gasteiger charge is 2.13. The van der Waals surface area contributed by atoms with Gasteiger partial charge >= 0.3 is 0 Å². The van der Waals surface area contributed by atoms with Gasteiger partial charge in [0.25, 0.3) is 0 Å². The average Bonchev–Trinajstić information content (AvgIpc) is 2.37. The van der Waals surface area contributed by atoms with E-state index in [1.165, 1.54) is 0 Å². The topological polar surface area (TPSA) is 75.4 Å². The molecule has 1 aromatic carbocycles. The number of aromatic hydroxyl groups is 1. The van der Waals surface area contributed by atoms with Crippen LogP contribution in [-0.2, 0) is 11.2 Å². The van der Waals surface area contributed by atoms with E-state index in [1.807, 2.05) is 0 Å². The number of carbonyl (C=O) groups excluding carboxylic acids is 1. The van der Waals surface area contributed by atoms with Gasteiger partial charge in [0.2, 0.25) is 5.91 Å². The number of phenols is 1. The number of hydrogen-bond donors (Lipinski definition) is 3. The van der Waals surface area contributed by atoms with E-state index in [0.717, 1.165) is 5.56 Å². The monoisotopic (exact) mass is 246 g/mol. The molecule has 0 saturated heterocycles. The summed E-state index contributed by atoms with van der Waals surface area (Å²) >= 11 is 0. The second kappa shape index (κ2) is 7.36. The predicted molar refractivity (Wildman–Crippen MR) is 70.9 cm³/mol. The molecule has 0 aliphatic carbocycles. The van der Waals surface area contributed by atoms with Crippen LogP contribution in [0.4, 0.5) is 0 Å². The third-order valence-corrected chi connectivity index (χ3v) is 2.45. The molecule has 0 bridgehead atoms. The van der Waals surface area contributed by atoms with Crippen LogP contribution in [0.3, 0.4) is 0 Å². The molecule has 0 heterocycles. The van der Waals surface area contributed by atoms with Crippen LogP contribution in [0.25, 0.3) is 0 Å². The molecule has 1 atom stereocenters. The van der Waals surface area contributed by atoms with Crippen molar-refractivity contribution < 1.29 is 9.90 Å². The highest BCUT2D eigenvalue weighted by Crippen LogP contribution is 2.10. The summed E-state index contributed by atoms with van der Waals surface area (Å²) < 4.78 is 0. The first-order valence-corrected chi connectivity index (χ1v) is 5.84. The van der Waals surface area contributed by atoms with Crippen molar-refractivity contribution in [2.45, 2.75) is 25.8 Å². The Kier molecular flexibility index (Phi) is 5.75. The molecule has 4 heteroatoms. The van der Waals surface area contributed by atoms with E-state index in [0.29, 0.717) is 19.4 Å². The van der Waals surface area contributed by atoms with Crippen LogP contribution in [0.2, 0.25) is 0 Å². The van der Waals surface area contributed by atoms with Gasteiger partial charge in [-0.3, -0.25) is 4.79 Å². The number of carbonyl (C=O) groups is 1. The summed E-state index contributed by atoms with van der Waals surface area (Å²) in [6, 6.07) is 6.09. The van der Waals surface area contributed by atoms with Crippen LogP contribution in [0.5, 0.6) is 5.75 Å². The Balaban J connectivity index is 2.39. The number of phenolic OH excluding ortho intramolecular Hbond substituents is 1. The van der Waals surface area contributed by atoms with Gasteiger partial charge in [0.05, 0.1) is 6.04 Å². The maximum Gasteiger partial charge on any atom is 0.237 e. The molecule has 0 saturated carbocycles. The highest BCUT2D eigenvalue weighted by molar-refractivity contribution is 5.81. The molecule has 4 nitrogen and oxygen atoms in total. The lowest BCUT2D eigenvalue weighted by atomic mass is 10.1. The third kappa shape index (κ3) is 4.89. The van der Waals surface area contributed by atoms with E-state index in [1.54, 1.807) is 31.2 Å². The molecule has 0 fully saturated rings. The van der Waals surface area contributed by atoms with E-state index in [-0.39, 0.29) is 11.7 Å². The lowest BCUT2D eigenvalue weighted by Crippen LogP contribution is -2.42. The molecule has 0 radical (unpaired) electrons. The fourth-order valence-corrected chi connectivity index (χ4v) is 1.48. The Morgan fingerprint density at radius 1 is 1.44 bits per heavy atom. The minimum absolute atomic E-state index is 0.180. The molecule has 96 valence electrons. The maximum absolute atomic E-state index is 11.6. The lowest BCUT2D eigenvalue weighted by Gasteiger charge is -2.11. The molecule has 1 rings (SSSR count). The minimum Gasteiger partial charge on any atom is -0.508 e. The molecule has 0 aliphatic rings. The van der Waals surface area contributed by atoms with Gasteiger partial charge in [0.15, 0.2) is 0 Å². The fraction of sp³-hybridized carbons (Fsp3) is 0.357. The van der Waals surface area contributed by atoms with Crippen LogP contribution in [0, 0.1) is 11.8 Å². The Hall–Kier alpha value is -1.99. The van der Waals surface area contributed by atoms with Gasteiger partial charge in [-0.05, 0) is 31.0 Å². The summed E-state index contributed by atoms with van der Waals surface area (Å²) in [5, 5.41) is 11.9. The summed E-state index contributed by atoms with van der Waals surface area (Å²) in [5.41, 5.74) is 6.71. The van der Waals surface area contributed by atoms with Gasteiger partial charge in [-0.15, -0.1) is 11.8 Å². The molecule has 0 aliphatic heterocycles. The van der Waals surface area contributed by atoms with Crippen LogP contribution in [0.1, 0.15) is 18.9 Å². The largest absolute Gasteiger partial charge is 0.508 e. The first-order chi connectivity index (χ1) is 8.63. The van der Waals surface area contributed by atoms with E-state index in [2.05, 4.69) is 17.2 Å². The van der Waals surface area contributed by atoms with E-state index in [4.69, 9.17) is 10.8 Å². The predicted octanol–water partition coefficient (Wildman–Crippen LogP) is 0.792. The second-order valence-corrected chi connectivity index (χ2v) is 3.94. The Morgan fingerprint density at radius 2 is 2.11 bits per heavy atom. The Labute approximate surface area is 107 Å². The summed E-state index contributed by atoms with van der Waals surface area (Å²) in [4.78, 5) is 11.6. The van der Waals surface area contributed by atoms with Crippen LogP contribution in [0.15, 0.2) is 24.3 Å². The lowest BCUT2D eigenvalue weighted by molar-refractivity contribution is -0.122. The van der Waals surface area contributed by atoms with Crippen molar-refractivity contribution in [2.24, 2.45) is 5.73 Å². The van der Waals surface area contributed by atoms with Gasteiger partial charge in [-0.2, -0.15) is 0 Å². The second-order valence-electron chi connectivity index (χ2n) is 3.94. The normalized spacial score (nSPS) is 11.2. The zero-order valence-corrected chi connectivity index (χ0v) is 10.4. The van der Waals surface area contributed by atoms with Gasteiger partial charge in [-0.25, -0.2) is 0 Å². The first kappa shape index (κ1) is 14.1. The van der Waals surface area contributed by atoms with Crippen LogP contribution < -0.4 is 11.1 Å². The third-order valence-electron chi connectivity index (χ3n) is 2.45. The SMILES string of the molecule is CC#CCCNC(=O)[C@@H](N)Cc1ccc(O)cc1. The van der Waals surface area contributed by atoms with Gasteiger partial charge in [-0.1, -0.05) is 12.1 Å². The number of benzene rings is 1. The maximum atomic E-state index is 11.6. The number of nitrogens with one attached hydrogen (secondary N) is 1. The van der Waals surface area contributed by atoms with Gasteiger partial charge in [0.1, 0.15) is 5.75 Å². The summed E-state index contributed by atoms with van der Waals surface area (Å²) in [7, 11) is 0. The summed E-state index contributed by atoms with van der Waals surface area (Å²) in [5.74, 6) is 5.65. The quantitative estimate of drug-likeness (QED) is 0.531. The van der Waals surface area contributed by atoms with Crippen LogP contribution >= 0.6 is 0 Å². The summed E-state index contributed by atoms with van der Waals surface area (Å²) in [6.45, 7) is 2.28. The average molecular weight is 246 g/mol. The Bertz CT molecular complexity index is 443. The van der Waals surface area contributed by atoms with Crippen molar-refractivity contribution in [3.8, 4) is 17.6 Å². The number of rotatable bonds is 5. The van der Waals surface area contributed by atoms with Gasteiger partial charge < -0.3 is 16.2 Å². The molecule has 0 aromatic heterocycles. The molecule has 4 N–H and O–H groups in total. The smallest absolute Gasteiger partial charge is 0.237 e. The van der Waals surface area contributed by atoms with E-state index in [9.17, 15) is 4.79 Å². The standard InChI is InChI=1S/C14H18N2O2/c1-2-3-4-9-16-14(18)13(15)10-11-5-7-12(17)8-6-11/h5-8,13,17H,4,9-10,15H2,1H3,(H,16,18)/t13-/m0/s1. The number of amides is 1. The summed E-state index contributed by atoms with van der Waals surface area (Å²) in [6.07, 6.45) is 1.08.